The third kappa shape index (κ3) is 5.07. The van der Waals surface area contributed by atoms with Crippen LogP contribution in [0.1, 0.15) is 47.3 Å². The maximum atomic E-state index is 12.3. The first-order valence-corrected chi connectivity index (χ1v) is 9.70. The van der Waals surface area contributed by atoms with Gasteiger partial charge in [0, 0.05) is 43.6 Å². The Kier molecular flexibility index (Phi) is 6.45. The molecule has 7 heteroatoms. The van der Waals surface area contributed by atoms with Gasteiger partial charge in [0.15, 0.2) is 0 Å². The molecule has 0 radical (unpaired) electrons. The SMILES string of the molecule is Cc1c(CNc2ccc(C(=O)NCC[C@H]3CCCCN3C)cn2)cnn1C. The number of rotatable bonds is 7. The summed E-state index contributed by atoms with van der Waals surface area (Å²) in [6.07, 6.45) is 8.28. The maximum absolute atomic E-state index is 12.3. The molecule has 1 aliphatic rings. The Bertz CT molecular complexity index is 754. The number of pyridine rings is 1. The number of aryl methyl sites for hydroxylation is 1. The lowest BCUT2D eigenvalue weighted by molar-refractivity contribution is 0.0945. The van der Waals surface area contributed by atoms with Crippen LogP contribution in [0.15, 0.2) is 24.5 Å². The lowest BCUT2D eigenvalue weighted by Gasteiger charge is -2.32. The summed E-state index contributed by atoms with van der Waals surface area (Å²) in [5.41, 5.74) is 2.85. The normalized spacial score (nSPS) is 17.7. The number of nitrogens with one attached hydrogen (secondary N) is 2. The van der Waals surface area contributed by atoms with Crippen LogP contribution in [0, 0.1) is 6.92 Å². The largest absolute Gasteiger partial charge is 0.366 e. The molecular formula is C20H30N6O. The predicted octanol–water partition coefficient (Wildman–Crippen LogP) is 2.34. The minimum absolute atomic E-state index is 0.0596. The van der Waals surface area contributed by atoms with E-state index in [0.717, 1.165) is 30.0 Å². The Morgan fingerprint density at radius 1 is 1.26 bits per heavy atom. The molecule has 0 saturated carbocycles. The van der Waals surface area contributed by atoms with Crippen molar-refractivity contribution in [2.45, 2.75) is 45.2 Å². The molecule has 1 fully saturated rings. The van der Waals surface area contributed by atoms with Crippen LogP contribution in [0.25, 0.3) is 0 Å². The molecule has 2 aromatic heterocycles. The van der Waals surface area contributed by atoms with Crippen LogP contribution in [-0.2, 0) is 13.6 Å². The lowest BCUT2D eigenvalue weighted by Crippen LogP contribution is -2.39. The van der Waals surface area contributed by atoms with E-state index in [4.69, 9.17) is 0 Å². The second-order valence-electron chi connectivity index (χ2n) is 7.34. The predicted molar refractivity (Wildman–Crippen MR) is 107 cm³/mol. The van der Waals surface area contributed by atoms with Gasteiger partial charge in [-0.25, -0.2) is 4.98 Å². The molecule has 0 aliphatic carbocycles. The zero-order valence-electron chi connectivity index (χ0n) is 16.5. The molecule has 1 aliphatic heterocycles. The second-order valence-corrected chi connectivity index (χ2v) is 7.34. The summed E-state index contributed by atoms with van der Waals surface area (Å²) >= 11 is 0. The van der Waals surface area contributed by atoms with Gasteiger partial charge in [0.2, 0.25) is 0 Å². The molecule has 2 aromatic rings. The smallest absolute Gasteiger partial charge is 0.252 e. The molecule has 146 valence electrons. The first-order valence-electron chi connectivity index (χ1n) is 9.70. The van der Waals surface area contributed by atoms with E-state index in [0.29, 0.717) is 24.7 Å². The van der Waals surface area contributed by atoms with Crippen LogP contribution in [0.5, 0.6) is 0 Å². The quantitative estimate of drug-likeness (QED) is 0.782. The van der Waals surface area contributed by atoms with E-state index >= 15 is 0 Å². The van der Waals surface area contributed by atoms with Crippen molar-refractivity contribution in [1.29, 1.82) is 0 Å². The number of anilines is 1. The molecule has 1 atom stereocenters. The topological polar surface area (TPSA) is 75.1 Å². The Hall–Kier alpha value is -2.41. The fourth-order valence-corrected chi connectivity index (χ4v) is 3.50. The van der Waals surface area contributed by atoms with Gasteiger partial charge in [-0.1, -0.05) is 6.42 Å². The van der Waals surface area contributed by atoms with Crippen molar-refractivity contribution in [2.24, 2.45) is 7.05 Å². The van der Waals surface area contributed by atoms with Gasteiger partial charge >= 0.3 is 0 Å². The molecule has 1 saturated heterocycles. The maximum Gasteiger partial charge on any atom is 0.252 e. The van der Waals surface area contributed by atoms with E-state index < -0.39 is 0 Å². The van der Waals surface area contributed by atoms with E-state index in [1.807, 2.05) is 37.0 Å². The van der Waals surface area contributed by atoms with E-state index in [1.165, 1.54) is 19.3 Å². The fourth-order valence-electron chi connectivity index (χ4n) is 3.50. The number of aromatic nitrogens is 3. The third-order valence-electron chi connectivity index (χ3n) is 5.51. The zero-order chi connectivity index (χ0) is 19.2. The fraction of sp³-hybridized carbons (Fsp3) is 0.550. The molecule has 0 unspecified atom stereocenters. The van der Waals surface area contributed by atoms with E-state index in [2.05, 4.69) is 32.7 Å². The summed E-state index contributed by atoms with van der Waals surface area (Å²) in [6, 6.07) is 4.24. The van der Waals surface area contributed by atoms with Gasteiger partial charge in [-0.05, 0) is 51.9 Å². The number of carbonyl (C=O) groups is 1. The van der Waals surface area contributed by atoms with Crippen LogP contribution < -0.4 is 10.6 Å². The Labute approximate surface area is 161 Å². The molecule has 1 amide bonds. The average Bonchev–Trinajstić information content (AvgIpc) is 3.00. The third-order valence-corrected chi connectivity index (χ3v) is 5.51. The van der Waals surface area contributed by atoms with Crippen molar-refractivity contribution in [2.75, 3.05) is 25.5 Å². The van der Waals surface area contributed by atoms with Gasteiger partial charge < -0.3 is 15.5 Å². The van der Waals surface area contributed by atoms with E-state index in [1.54, 1.807) is 6.20 Å². The molecular weight excluding hydrogens is 340 g/mol. The van der Waals surface area contributed by atoms with Crippen molar-refractivity contribution in [3.05, 3.63) is 41.3 Å². The molecule has 0 aromatic carbocycles. The summed E-state index contributed by atoms with van der Waals surface area (Å²) in [5, 5.41) is 10.5. The molecule has 3 rings (SSSR count). The molecule has 3 heterocycles. The van der Waals surface area contributed by atoms with Gasteiger partial charge in [-0.2, -0.15) is 5.10 Å². The molecule has 0 bridgehead atoms. The number of hydrogen-bond acceptors (Lipinski definition) is 5. The van der Waals surface area contributed by atoms with Crippen LogP contribution in [0.4, 0.5) is 5.82 Å². The number of hydrogen-bond donors (Lipinski definition) is 2. The monoisotopic (exact) mass is 370 g/mol. The number of carbonyl (C=O) groups excluding carboxylic acids is 1. The summed E-state index contributed by atoms with van der Waals surface area (Å²) in [4.78, 5) is 19.1. The second kappa shape index (κ2) is 8.99. The van der Waals surface area contributed by atoms with Gasteiger partial charge in [-0.15, -0.1) is 0 Å². The van der Waals surface area contributed by atoms with Gasteiger partial charge in [0.25, 0.3) is 5.91 Å². The number of likely N-dealkylation sites (tertiary alicyclic amines) is 1. The first kappa shape index (κ1) is 19.4. The first-order chi connectivity index (χ1) is 13.0. The van der Waals surface area contributed by atoms with Crippen LogP contribution in [0.2, 0.25) is 0 Å². The zero-order valence-corrected chi connectivity index (χ0v) is 16.5. The minimum Gasteiger partial charge on any atom is -0.366 e. The molecule has 7 nitrogen and oxygen atoms in total. The highest BCUT2D eigenvalue weighted by molar-refractivity contribution is 5.94. The summed E-state index contributed by atoms with van der Waals surface area (Å²) in [6.45, 7) is 4.56. The highest BCUT2D eigenvalue weighted by Crippen LogP contribution is 2.17. The van der Waals surface area contributed by atoms with E-state index in [-0.39, 0.29) is 5.91 Å². The number of nitrogens with zero attached hydrogens (tertiary/aromatic N) is 4. The van der Waals surface area contributed by atoms with Crippen LogP contribution >= 0.6 is 0 Å². The van der Waals surface area contributed by atoms with Crippen molar-refractivity contribution in [3.8, 4) is 0 Å². The minimum atomic E-state index is -0.0596. The molecule has 0 spiro atoms. The van der Waals surface area contributed by atoms with Crippen molar-refractivity contribution < 1.29 is 4.79 Å². The van der Waals surface area contributed by atoms with Crippen LogP contribution in [-0.4, -0.2) is 51.8 Å². The molecule has 2 N–H and O–H groups in total. The van der Waals surface area contributed by atoms with Gasteiger partial charge in [0.05, 0.1) is 11.8 Å². The lowest BCUT2D eigenvalue weighted by atomic mass is 10.0. The van der Waals surface area contributed by atoms with Crippen molar-refractivity contribution >= 4 is 11.7 Å². The number of amides is 1. The van der Waals surface area contributed by atoms with Gasteiger partial charge in [0.1, 0.15) is 5.82 Å². The highest BCUT2D eigenvalue weighted by Gasteiger charge is 2.18. The molecule has 27 heavy (non-hydrogen) atoms. The average molecular weight is 371 g/mol. The standard InChI is InChI=1S/C20H30N6O/c1-15-17(14-24-26(15)3)13-23-19-8-7-16(12-22-19)20(27)21-10-9-18-6-4-5-11-25(18)2/h7-8,12,14,18H,4-6,9-11,13H2,1-3H3,(H,21,27)(H,22,23)/t18-/m1/s1. The summed E-state index contributed by atoms with van der Waals surface area (Å²) < 4.78 is 1.85. The Balaban J connectivity index is 1.45. The highest BCUT2D eigenvalue weighted by atomic mass is 16.1. The van der Waals surface area contributed by atoms with Gasteiger partial charge in [-0.3, -0.25) is 9.48 Å². The Morgan fingerprint density at radius 2 is 2.11 bits per heavy atom. The van der Waals surface area contributed by atoms with Crippen molar-refractivity contribution in [3.63, 3.8) is 0 Å². The Morgan fingerprint density at radius 3 is 2.78 bits per heavy atom. The van der Waals surface area contributed by atoms with E-state index in [9.17, 15) is 4.79 Å². The van der Waals surface area contributed by atoms with Crippen molar-refractivity contribution in [1.82, 2.24) is 25.0 Å². The summed E-state index contributed by atoms with van der Waals surface area (Å²) in [7, 11) is 4.10. The summed E-state index contributed by atoms with van der Waals surface area (Å²) in [5.74, 6) is 0.689. The van der Waals surface area contributed by atoms with Crippen LogP contribution in [0.3, 0.4) is 0 Å². The number of piperidine rings is 1.